The average Bonchev–Trinajstić information content (AvgIpc) is 2.84. The summed E-state index contributed by atoms with van der Waals surface area (Å²) < 4.78 is 0. The summed E-state index contributed by atoms with van der Waals surface area (Å²) in [6, 6.07) is 11.1. The molecule has 0 bridgehead atoms. The number of rotatable bonds is 5. The van der Waals surface area contributed by atoms with Crippen LogP contribution in [0.5, 0.6) is 0 Å². The fraction of sp³-hybridized carbons (Fsp3) is 0.200. The number of anilines is 1. The van der Waals surface area contributed by atoms with Gasteiger partial charge in [0.2, 0.25) is 5.91 Å². The van der Waals surface area contributed by atoms with Gasteiger partial charge in [-0.1, -0.05) is 37.3 Å². The Morgan fingerprint density at radius 2 is 1.95 bits per heavy atom. The summed E-state index contributed by atoms with van der Waals surface area (Å²) in [6.45, 7) is 1.90. The first-order valence-electron chi connectivity index (χ1n) is 6.34. The van der Waals surface area contributed by atoms with Gasteiger partial charge in [0.25, 0.3) is 0 Å². The summed E-state index contributed by atoms with van der Waals surface area (Å²) in [5, 5.41) is 12.3. The second-order valence-corrected chi connectivity index (χ2v) is 5.38. The molecule has 2 N–H and O–H groups in total. The van der Waals surface area contributed by atoms with Crippen molar-refractivity contribution in [3.05, 3.63) is 42.0 Å². The smallest absolute Gasteiger partial charge is 0.338 e. The van der Waals surface area contributed by atoms with Crippen molar-refractivity contribution in [2.24, 2.45) is 0 Å². The zero-order chi connectivity index (χ0) is 14.5. The molecule has 0 aliphatic rings. The van der Waals surface area contributed by atoms with Gasteiger partial charge >= 0.3 is 5.97 Å². The quantitative estimate of drug-likeness (QED) is 0.878. The molecule has 1 amide bonds. The lowest BCUT2D eigenvalue weighted by Gasteiger charge is -2.02. The average molecular weight is 289 g/mol. The normalized spacial score (nSPS) is 10.2. The third-order valence-corrected chi connectivity index (χ3v) is 3.85. The number of carbonyl (C=O) groups is 2. The SMILES string of the molecule is CCCC(=O)Nc1sc(-c2ccccc2)cc1C(=O)O. The van der Waals surface area contributed by atoms with E-state index in [4.69, 9.17) is 0 Å². The van der Waals surface area contributed by atoms with Gasteiger partial charge in [0, 0.05) is 11.3 Å². The third-order valence-electron chi connectivity index (χ3n) is 2.75. The molecule has 1 aromatic carbocycles. The number of thiophene rings is 1. The van der Waals surface area contributed by atoms with Crippen LogP contribution >= 0.6 is 11.3 Å². The molecule has 4 nitrogen and oxygen atoms in total. The molecule has 1 heterocycles. The van der Waals surface area contributed by atoms with E-state index in [1.165, 1.54) is 11.3 Å². The highest BCUT2D eigenvalue weighted by atomic mass is 32.1. The highest BCUT2D eigenvalue weighted by molar-refractivity contribution is 7.20. The maximum Gasteiger partial charge on any atom is 0.338 e. The molecule has 2 rings (SSSR count). The van der Waals surface area contributed by atoms with Crippen LogP contribution in [0.3, 0.4) is 0 Å². The monoisotopic (exact) mass is 289 g/mol. The van der Waals surface area contributed by atoms with Crippen molar-refractivity contribution in [3.8, 4) is 10.4 Å². The minimum atomic E-state index is -1.03. The number of hydrogen-bond donors (Lipinski definition) is 2. The van der Waals surface area contributed by atoms with Crippen LogP contribution in [0, 0.1) is 0 Å². The Bertz CT molecular complexity index is 619. The van der Waals surface area contributed by atoms with E-state index in [9.17, 15) is 14.7 Å². The number of benzene rings is 1. The maximum atomic E-state index is 11.6. The van der Waals surface area contributed by atoms with Crippen LogP contribution in [0.15, 0.2) is 36.4 Å². The van der Waals surface area contributed by atoms with E-state index in [1.54, 1.807) is 6.07 Å². The highest BCUT2D eigenvalue weighted by Gasteiger charge is 2.17. The predicted octanol–water partition coefficient (Wildman–Crippen LogP) is 3.85. The molecule has 2 aromatic rings. The first-order valence-corrected chi connectivity index (χ1v) is 7.16. The van der Waals surface area contributed by atoms with Crippen LogP contribution in [-0.4, -0.2) is 17.0 Å². The number of hydrogen-bond acceptors (Lipinski definition) is 3. The number of carbonyl (C=O) groups excluding carboxylic acids is 1. The summed E-state index contributed by atoms with van der Waals surface area (Å²) >= 11 is 1.28. The van der Waals surface area contributed by atoms with Gasteiger partial charge in [0.05, 0.1) is 5.56 Å². The largest absolute Gasteiger partial charge is 0.478 e. The van der Waals surface area contributed by atoms with E-state index in [-0.39, 0.29) is 11.5 Å². The zero-order valence-electron chi connectivity index (χ0n) is 11.1. The van der Waals surface area contributed by atoms with Crippen LogP contribution in [-0.2, 0) is 4.79 Å². The third kappa shape index (κ3) is 3.24. The summed E-state index contributed by atoms with van der Waals surface area (Å²) in [5.41, 5.74) is 1.08. The van der Waals surface area contributed by atoms with Gasteiger partial charge in [-0.25, -0.2) is 4.79 Å². The van der Waals surface area contributed by atoms with Crippen molar-refractivity contribution in [1.82, 2.24) is 0 Å². The molecule has 0 unspecified atom stereocenters. The van der Waals surface area contributed by atoms with Crippen molar-refractivity contribution in [2.75, 3.05) is 5.32 Å². The summed E-state index contributed by atoms with van der Waals surface area (Å²) in [7, 11) is 0. The number of nitrogens with one attached hydrogen (secondary N) is 1. The van der Waals surface area contributed by atoms with E-state index in [2.05, 4.69) is 5.32 Å². The minimum absolute atomic E-state index is 0.137. The zero-order valence-corrected chi connectivity index (χ0v) is 11.9. The number of carboxylic acids is 1. The Morgan fingerprint density at radius 1 is 1.25 bits per heavy atom. The molecule has 0 aliphatic carbocycles. The van der Waals surface area contributed by atoms with Gasteiger partial charge in [0.15, 0.2) is 0 Å². The van der Waals surface area contributed by atoms with Gasteiger partial charge in [0.1, 0.15) is 5.00 Å². The van der Waals surface area contributed by atoms with Crippen molar-refractivity contribution in [2.45, 2.75) is 19.8 Å². The van der Waals surface area contributed by atoms with Crippen LogP contribution in [0.4, 0.5) is 5.00 Å². The summed E-state index contributed by atoms with van der Waals surface area (Å²) in [6.07, 6.45) is 1.11. The molecule has 0 saturated carbocycles. The molecule has 0 atom stereocenters. The summed E-state index contributed by atoms with van der Waals surface area (Å²) in [5.74, 6) is -1.19. The lowest BCUT2D eigenvalue weighted by atomic mass is 10.1. The van der Waals surface area contributed by atoms with E-state index in [0.717, 1.165) is 16.9 Å². The van der Waals surface area contributed by atoms with Crippen LogP contribution in [0.25, 0.3) is 10.4 Å². The number of aromatic carboxylic acids is 1. The Morgan fingerprint density at radius 3 is 2.55 bits per heavy atom. The van der Waals surface area contributed by atoms with Crippen molar-refractivity contribution in [1.29, 1.82) is 0 Å². The van der Waals surface area contributed by atoms with E-state index in [1.807, 2.05) is 37.3 Å². The molecule has 0 spiro atoms. The van der Waals surface area contributed by atoms with Gasteiger partial charge < -0.3 is 10.4 Å². The van der Waals surface area contributed by atoms with E-state index in [0.29, 0.717) is 11.4 Å². The van der Waals surface area contributed by atoms with Crippen LogP contribution in [0.2, 0.25) is 0 Å². The van der Waals surface area contributed by atoms with Gasteiger partial charge in [-0.05, 0) is 18.1 Å². The molecule has 0 saturated heterocycles. The standard InChI is InChI=1S/C15H15NO3S/c1-2-6-13(17)16-14-11(15(18)19)9-12(20-14)10-7-4-3-5-8-10/h3-5,7-9H,2,6H2,1H3,(H,16,17)(H,18,19). The Labute approximate surface area is 121 Å². The lowest BCUT2D eigenvalue weighted by Crippen LogP contribution is -2.11. The van der Waals surface area contributed by atoms with Crippen LogP contribution < -0.4 is 5.32 Å². The fourth-order valence-corrected chi connectivity index (χ4v) is 2.88. The molecule has 0 radical (unpaired) electrons. The van der Waals surface area contributed by atoms with Crippen molar-refractivity contribution < 1.29 is 14.7 Å². The molecule has 1 aromatic heterocycles. The molecular formula is C15H15NO3S. The molecule has 5 heteroatoms. The first-order chi connectivity index (χ1) is 9.61. The van der Waals surface area contributed by atoms with E-state index >= 15 is 0 Å². The highest BCUT2D eigenvalue weighted by Crippen LogP contribution is 2.35. The van der Waals surface area contributed by atoms with Gasteiger partial charge in [-0.3, -0.25) is 4.79 Å². The second-order valence-electron chi connectivity index (χ2n) is 4.32. The van der Waals surface area contributed by atoms with Gasteiger partial charge in [-0.2, -0.15) is 0 Å². The Hall–Kier alpha value is -2.14. The Balaban J connectivity index is 2.34. The predicted molar refractivity (Wildman–Crippen MR) is 80.3 cm³/mol. The molecule has 0 aliphatic heterocycles. The van der Waals surface area contributed by atoms with Crippen molar-refractivity contribution in [3.63, 3.8) is 0 Å². The maximum absolute atomic E-state index is 11.6. The summed E-state index contributed by atoms with van der Waals surface area (Å²) in [4.78, 5) is 23.7. The molecule has 104 valence electrons. The molecule has 0 fully saturated rings. The van der Waals surface area contributed by atoms with E-state index < -0.39 is 5.97 Å². The minimum Gasteiger partial charge on any atom is -0.478 e. The lowest BCUT2D eigenvalue weighted by molar-refractivity contribution is -0.116. The number of amides is 1. The topological polar surface area (TPSA) is 66.4 Å². The van der Waals surface area contributed by atoms with Gasteiger partial charge in [-0.15, -0.1) is 11.3 Å². The van der Waals surface area contributed by atoms with Crippen molar-refractivity contribution >= 4 is 28.2 Å². The van der Waals surface area contributed by atoms with Crippen LogP contribution in [0.1, 0.15) is 30.1 Å². The molecule has 20 heavy (non-hydrogen) atoms. The fourth-order valence-electron chi connectivity index (χ4n) is 1.80. The first kappa shape index (κ1) is 14.3. The number of carboxylic acid groups (broad SMARTS) is 1. The second kappa shape index (κ2) is 6.34. The molecular weight excluding hydrogens is 274 g/mol. The Kier molecular flexibility index (Phi) is 4.53.